The molecule has 0 saturated carbocycles. The number of imidazole rings is 1. The van der Waals surface area contributed by atoms with Gasteiger partial charge in [0, 0.05) is 31.1 Å². The van der Waals surface area contributed by atoms with Gasteiger partial charge in [0.25, 0.3) is 5.91 Å². The first kappa shape index (κ1) is 35.4. The zero-order valence-corrected chi connectivity index (χ0v) is 26.6. The normalized spacial score (nSPS) is 10.9. The number of unbranched alkanes of at least 4 members (excludes halogenated alkanes) is 3. The van der Waals surface area contributed by atoms with Gasteiger partial charge < -0.3 is 14.0 Å². The van der Waals surface area contributed by atoms with Crippen molar-refractivity contribution >= 4 is 47.0 Å². The zero-order valence-electron chi connectivity index (χ0n) is 26.6. The average molecular weight is 631 g/mol. The van der Waals surface area contributed by atoms with E-state index >= 15 is 0 Å². The van der Waals surface area contributed by atoms with E-state index in [2.05, 4.69) is 12.2 Å². The minimum atomic E-state index is -0.630. The third-order valence-electron chi connectivity index (χ3n) is 7.27. The molecular formula is C34H42N6O6. The third kappa shape index (κ3) is 10.2. The summed E-state index contributed by atoms with van der Waals surface area (Å²) in [5.74, 6) is -0.437. The minimum absolute atomic E-state index is 0.0276. The Balaban J connectivity index is 1.64. The number of aromatic nitrogens is 2. The number of ether oxygens (including phenoxy) is 2. The number of amidine groups is 2. The van der Waals surface area contributed by atoms with E-state index in [9.17, 15) is 19.2 Å². The zero-order chi connectivity index (χ0) is 33.5. The van der Waals surface area contributed by atoms with Crippen LogP contribution in [-0.4, -0.2) is 70.1 Å². The lowest BCUT2D eigenvalue weighted by molar-refractivity contribution is -0.143. The molecule has 12 nitrogen and oxygen atoms in total. The Hall–Kier alpha value is -5.13. The summed E-state index contributed by atoms with van der Waals surface area (Å²) in [6, 6.07) is 12.5. The first-order valence-corrected chi connectivity index (χ1v) is 15.4. The van der Waals surface area contributed by atoms with Crippen molar-refractivity contribution in [3.8, 4) is 0 Å². The molecule has 1 aromatic heterocycles. The molecule has 3 aromatic rings. The summed E-state index contributed by atoms with van der Waals surface area (Å²) in [6.45, 7) is 4.26. The van der Waals surface area contributed by atoms with Crippen LogP contribution in [0, 0.1) is 10.8 Å². The topological polar surface area (TPSA) is 168 Å². The van der Waals surface area contributed by atoms with E-state index in [1.807, 2.05) is 23.7 Å². The van der Waals surface area contributed by atoms with Gasteiger partial charge in [0.2, 0.25) is 0 Å². The Kier molecular flexibility index (Phi) is 13.8. The third-order valence-corrected chi connectivity index (χ3v) is 7.27. The van der Waals surface area contributed by atoms with Gasteiger partial charge in [-0.3, -0.25) is 35.4 Å². The summed E-state index contributed by atoms with van der Waals surface area (Å²) >= 11 is 0. The molecule has 46 heavy (non-hydrogen) atoms. The van der Waals surface area contributed by atoms with Gasteiger partial charge in [0.1, 0.15) is 23.8 Å². The predicted molar refractivity (Wildman–Crippen MR) is 175 cm³/mol. The van der Waals surface area contributed by atoms with Crippen molar-refractivity contribution in [3.05, 3.63) is 77.1 Å². The maximum atomic E-state index is 13.4. The van der Waals surface area contributed by atoms with Crippen LogP contribution in [0.3, 0.4) is 0 Å². The highest BCUT2D eigenvalue weighted by Gasteiger charge is 2.21. The number of carbonyl (C=O) groups excluding carboxylic acids is 4. The second-order valence-electron chi connectivity index (χ2n) is 10.6. The van der Waals surface area contributed by atoms with Crippen LogP contribution in [0.15, 0.2) is 54.6 Å². The first-order valence-electron chi connectivity index (χ1n) is 15.4. The van der Waals surface area contributed by atoms with E-state index in [-0.39, 0.29) is 36.8 Å². The predicted octanol–water partition coefficient (Wildman–Crippen LogP) is 5.12. The molecule has 0 spiro atoms. The number of rotatable bonds is 16. The van der Waals surface area contributed by atoms with Crippen molar-refractivity contribution in [3.63, 3.8) is 0 Å². The summed E-state index contributed by atoms with van der Waals surface area (Å²) in [4.78, 5) is 54.0. The fourth-order valence-electron chi connectivity index (χ4n) is 4.75. The molecule has 244 valence electrons. The minimum Gasteiger partial charge on any atom is -0.466 e. The number of nitrogens with zero attached hydrogens (tertiary/aromatic N) is 3. The molecule has 3 rings (SSSR count). The quantitative estimate of drug-likeness (QED) is 0.0493. The van der Waals surface area contributed by atoms with Crippen molar-refractivity contribution in [1.82, 2.24) is 19.8 Å². The van der Waals surface area contributed by atoms with Crippen LogP contribution in [0.5, 0.6) is 0 Å². The first-order chi connectivity index (χ1) is 22.2. The molecule has 0 unspecified atom stereocenters. The maximum absolute atomic E-state index is 13.4. The van der Waals surface area contributed by atoms with Gasteiger partial charge in [-0.05, 0) is 55.7 Å². The molecule has 12 heteroatoms. The van der Waals surface area contributed by atoms with Gasteiger partial charge in [-0.15, -0.1) is 0 Å². The maximum Gasteiger partial charge on any atom is 0.412 e. The number of carbonyl (C=O) groups is 4. The van der Waals surface area contributed by atoms with Gasteiger partial charge in [-0.25, -0.2) is 9.78 Å². The number of nitrogens with one attached hydrogen (secondary N) is 3. The summed E-state index contributed by atoms with van der Waals surface area (Å²) in [7, 11) is 1.90. The fraction of sp³-hybridized carbons (Fsp3) is 0.382. The van der Waals surface area contributed by atoms with Gasteiger partial charge in [-0.1, -0.05) is 50.5 Å². The molecule has 0 aliphatic heterocycles. The Labute approximate surface area is 268 Å². The average Bonchev–Trinajstić information content (AvgIpc) is 3.37. The van der Waals surface area contributed by atoms with Gasteiger partial charge >= 0.3 is 12.1 Å². The molecular weight excluding hydrogens is 588 g/mol. The van der Waals surface area contributed by atoms with Crippen molar-refractivity contribution in [2.24, 2.45) is 7.05 Å². The molecule has 0 aliphatic carbocycles. The Morgan fingerprint density at radius 3 is 2.41 bits per heavy atom. The fourth-order valence-corrected chi connectivity index (χ4v) is 4.75. The molecule has 0 aliphatic rings. The number of esters is 1. The molecule has 2 aromatic carbocycles. The van der Waals surface area contributed by atoms with Gasteiger partial charge in [0.05, 0.1) is 30.7 Å². The molecule has 0 radical (unpaired) electrons. The Morgan fingerprint density at radius 2 is 1.72 bits per heavy atom. The van der Waals surface area contributed by atoms with Crippen molar-refractivity contribution in [2.75, 3.05) is 19.8 Å². The van der Waals surface area contributed by atoms with Crippen molar-refractivity contribution in [1.29, 1.82) is 10.8 Å². The van der Waals surface area contributed by atoms with Crippen LogP contribution in [0.2, 0.25) is 0 Å². The monoisotopic (exact) mass is 630 g/mol. The summed E-state index contributed by atoms with van der Waals surface area (Å²) < 4.78 is 12.1. The van der Waals surface area contributed by atoms with Crippen molar-refractivity contribution < 1.29 is 28.7 Å². The Bertz CT molecular complexity index is 1580. The number of allylic oxidation sites excluding steroid dienone is 1. The van der Waals surface area contributed by atoms with Crippen LogP contribution < -0.4 is 5.32 Å². The van der Waals surface area contributed by atoms with Crippen LogP contribution in [0.1, 0.15) is 73.3 Å². The Morgan fingerprint density at radius 1 is 0.978 bits per heavy atom. The van der Waals surface area contributed by atoms with E-state index in [0.717, 1.165) is 53.6 Å². The number of benzene rings is 2. The van der Waals surface area contributed by atoms with Gasteiger partial charge in [0.15, 0.2) is 0 Å². The second kappa shape index (κ2) is 18.0. The van der Waals surface area contributed by atoms with Crippen molar-refractivity contribution in [2.45, 2.75) is 58.8 Å². The summed E-state index contributed by atoms with van der Waals surface area (Å²) in [5.41, 5.74) is 3.32. The molecule has 1 heterocycles. The van der Waals surface area contributed by atoms with E-state index in [0.29, 0.717) is 36.8 Å². The number of amides is 2. The number of alkyl carbamates (subject to hydrolysis) is 1. The molecule has 0 atom stereocenters. The van der Waals surface area contributed by atoms with Crippen LogP contribution >= 0.6 is 0 Å². The number of fused-ring (bicyclic) bond motifs is 1. The number of aryl methyl sites for hydroxylation is 3. The number of hydrogen-bond donors (Lipinski definition) is 3. The number of hydrogen-bond acceptors (Lipinski definition) is 9. The van der Waals surface area contributed by atoms with E-state index in [1.54, 1.807) is 37.3 Å². The SMILES string of the molecule is CCCCCCOC(=O)NC(=N)c1ccc(CCc2nc3cc(C(=O)N(CCC(=O)OCC)C(=N)/C=C\C=O)ccc3n2C)cc1. The van der Waals surface area contributed by atoms with E-state index in [4.69, 9.17) is 25.3 Å². The highest BCUT2D eigenvalue weighted by molar-refractivity contribution is 6.10. The highest BCUT2D eigenvalue weighted by atomic mass is 16.5. The van der Waals surface area contributed by atoms with Crippen LogP contribution in [0.25, 0.3) is 11.0 Å². The molecule has 0 saturated heterocycles. The smallest absolute Gasteiger partial charge is 0.412 e. The number of aldehydes is 1. The van der Waals surface area contributed by atoms with Crippen LogP contribution in [0.4, 0.5) is 4.79 Å². The molecule has 2 amide bonds. The largest absolute Gasteiger partial charge is 0.466 e. The molecule has 0 fully saturated rings. The summed E-state index contributed by atoms with van der Waals surface area (Å²) in [6.07, 6.45) is 7.39. The molecule has 0 bridgehead atoms. The lowest BCUT2D eigenvalue weighted by atomic mass is 10.1. The summed E-state index contributed by atoms with van der Waals surface area (Å²) in [5, 5.41) is 18.9. The highest BCUT2D eigenvalue weighted by Crippen LogP contribution is 2.20. The van der Waals surface area contributed by atoms with E-state index in [1.165, 1.54) is 6.08 Å². The van der Waals surface area contributed by atoms with Gasteiger partial charge in [-0.2, -0.15) is 0 Å². The molecule has 3 N–H and O–H groups in total. The lowest BCUT2D eigenvalue weighted by Gasteiger charge is -2.21. The standard InChI is InChI=1S/C34H42N6O6/c1-4-6-7-8-22-46-34(44)38-32(36)25-14-11-24(12-15-25)13-18-30-37-27-23-26(16-17-28(27)39(30)3)33(43)40(29(35)10-9-21-41)20-19-31(42)45-5-2/h9-12,14-17,21,23,35H,4-8,13,18-20,22H2,1-3H3,(H2,36,38,44)/b10-9-,35-29?. The lowest BCUT2D eigenvalue weighted by Crippen LogP contribution is -2.37. The van der Waals surface area contributed by atoms with E-state index < -0.39 is 18.0 Å². The second-order valence-corrected chi connectivity index (χ2v) is 10.6. The van der Waals surface area contributed by atoms with Crippen LogP contribution in [-0.2, 0) is 39.0 Å².